The van der Waals surface area contributed by atoms with E-state index in [1.54, 1.807) is 24.0 Å². The summed E-state index contributed by atoms with van der Waals surface area (Å²) in [4.78, 5) is 28.9. The number of anilines is 4. The summed E-state index contributed by atoms with van der Waals surface area (Å²) in [6, 6.07) is 4.33. The minimum absolute atomic E-state index is 0.167. The summed E-state index contributed by atoms with van der Waals surface area (Å²) in [5, 5.41) is 10.2. The highest BCUT2D eigenvalue weighted by molar-refractivity contribution is 5.73. The first-order chi connectivity index (χ1) is 20.9. The van der Waals surface area contributed by atoms with Crippen LogP contribution in [0.5, 0.6) is 0 Å². The maximum Gasteiger partial charge on any atom is 0.490 e. The lowest BCUT2D eigenvalue weighted by molar-refractivity contribution is -0.192. The Hall–Kier alpha value is -4.42. The lowest BCUT2D eigenvalue weighted by atomic mass is 10.1. The first kappa shape index (κ1) is 35.1. The van der Waals surface area contributed by atoms with Crippen LogP contribution in [0.2, 0.25) is 0 Å². The van der Waals surface area contributed by atoms with Gasteiger partial charge in [0.1, 0.15) is 17.3 Å². The van der Waals surface area contributed by atoms with Gasteiger partial charge in [-0.15, -0.1) is 0 Å². The molecule has 4 rings (SSSR count). The zero-order chi connectivity index (χ0) is 33.6. The zero-order valence-electron chi connectivity index (χ0n) is 23.6. The third-order valence-electron chi connectivity index (χ3n) is 6.25. The fourth-order valence-electron chi connectivity index (χ4n) is 4.04. The molecule has 1 aliphatic rings. The number of carbonyl (C=O) groups is 1. The molecular formula is C26H26F9N7O3. The van der Waals surface area contributed by atoms with Crippen LogP contribution >= 0.6 is 0 Å². The molecule has 19 heteroatoms. The number of hydrogen-bond donors (Lipinski definition) is 2. The second-order valence-electron chi connectivity index (χ2n) is 9.43. The topological polar surface area (TPSA) is 117 Å². The van der Waals surface area contributed by atoms with Crippen molar-refractivity contribution in [2.75, 3.05) is 55.5 Å². The number of fused-ring (bicyclic) bond motifs is 1. The second-order valence-corrected chi connectivity index (χ2v) is 9.43. The van der Waals surface area contributed by atoms with Crippen LogP contribution in [0, 0.1) is 0 Å². The van der Waals surface area contributed by atoms with Crippen LogP contribution in [0.15, 0.2) is 36.7 Å². The van der Waals surface area contributed by atoms with Gasteiger partial charge in [0, 0.05) is 52.0 Å². The molecule has 1 aliphatic heterocycles. The van der Waals surface area contributed by atoms with Crippen LogP contribution < -0.4 is 15.1 Å². The summed E-state index contributed by atoms with van der Waals surface area (Å²) < 4.78 is 117. The number of rotatable bonds is 7. The molecule has 0 unspecified atom stereocenters. The smallest absolute Gasteiger partial charge is 0.475 e. The summed E-state index contributed by atoms with van der Waals surface area (Å²) in [5.74, 6) is -2.24. The van der Waals surface area contributed by atoms with E-state index in [2.05, 4.69) is 25.3 Å². The standard InChI is InChI=1S/C24H25F6N7O.C2HF3O2/c1-36(12-13-38-2)22-34-18-8-11-37(21-17(23(25,26)27)4-3-9-31-21)10-7-16(18)20(35-22)33-15-5-6-19(32-14-15)24(28,29)30;3-2(4,5)1(6)7/h3-6,9,14H,7-8,10-13H2,1-2H3,(H,33,34,35);(H,6,7). The molecular weight excluding hydrogens is 629 g/mol. The van der Waals surface area contributed by atoms with Crippen molar-refractivity contribution in [3.8, 4) is 0 Å². The molecule has 0 fully saturated rings. The first-order valence-electron chi connectivity index (χ1n) is 12.9. The third kappa shape index (κ3) is 9.53. The predicted octanol–water partition coefficient (Wildman–Crippen LogP) is 5.37. The molecule has 3 aromatic rings. The number of ether oxygens (including phenoxy) is 1. The van der Waals surface area contributed by atoms with E-state index in [4.69, 9.17) is 14.6 Å². The maximum absolute atomic E-state index is 13.6. The number of aromatic nitrogens is 4. The zero-order valence-corrected chi connectivity index (χ0v) is 23.6. The van der Waals surface area contributed by atoms with E-state index in [1.807, 2.05) is 0 Å². The largest absolute Gasteiger partial charge is 0.490 e. The van der Waals surface area contributed by atoms with E-state index in [0.717, 1.165) is 18.3 Å². The Labute approximate surface area is 249 Å². The Morgan fingerprint density at radius 3 is 2.22 bits per heavy atom. The van der Waals surface area contributed by atoms with Crippen molar-refractivity contribution in [2.24, 2.45) is 0 Å². The second kappa shape index (κ2) is 14.1. The number of nitrogens with zero attached hydrogens (tertiary/aromatic N) is 6. The van der Waals surface area contributed by atoms with Crippen LogP contribution in [-0.2, 0) is 34.7 Å². The molecule has 0 saturated heterocycles. The molecule has 0 spiro atoms. The van der Waals surface area contributed by atoms with Crippen molar-refractivity contribution in [2.45, 2.75) is 31.4 Å². The number of halogens is 9. The van der Waals surface area contributed by atoms with Gasteiger partial charge in [-0.2, -0.15) is 44.5 Å². The summed E-state index contributed by atoms with van der Waals surface area (Å²) in [6.07, 6.45) is -11.3. The van der Waals surface area contributed by atoms with Crippen LogP contribution in [-0.4, -0.2) is 77.6 Å². The molecule has 10 nitrogen and oxygen atoms in total. The Balaban J connectivity index is 0.000000707. The molecule has 2 N–H and O–H groups in total. The highest BCUT2D eigenvalue weighted by Crippen LogP contribution is 2.36. The molecule has 0 radical (unpaired) electrons. The molecule has 0 saturated carbocycles. The molecule has 0 aliphatic carbocycles. The van der Waals surface area contributed by atoms with E-state index in [9.17, 15) is 39.5 Å². The molecule has 4 heterocycles. The van der Waals surface area contributed by atoms with Crippen molar-refractivity contribution >= 4 is 29.2 Å². The Bertz CT molecular complexity index is 1450. The van der Waals surface area contributed by atoms with Crippen LogP contribution in [0.4, 0.5) is 62.8 Å². The molecule has 246 valence electrons. The van der Waals surface area contributed by atoms with Gasteiger partial charge in [0.25, 0.3) is 0 Å². The van der Waals surface area contributed by atoms with E-state index in [0.29, 0.717) is 42.6 Å². The van der Waals surface area contributed by atoms with Crippen molar-refractivity contribution in [3.63, 3.8) is 0 Å². The van der Waals surface area contributed by atoms with Gasteiger partial charge in [-0.25, -0.2) is 19.7 Å². The summed E-state index contributed by atoms with van der Waals surface area (Å²) in [5.41, 5.74) is -0.314. The van der Waals surface area contributed by atoms with Gasteiger partial charge in [0.05, 0.1) is 29.7 Å². The third-order valence-corrected chi connectivity index (χ3v) is 6.25. The van der Waals surface area contributed by atoms with Gasteiger partial charge >= 0.3 is 24.5 Å². The molecule has 0 aromatic carbocycles. The lowest BCUT2D eigenvalue weighted by Gasteiger charge is -2.24. The monoisotopic (exact) mass is 655 g/mol. The summed E-state index contributed by atoms with van der Waals surface area (Å²) in [6.45, 7) is 1.30. The molecule has 3 aromatic heterocycles. The van der Waals surface area contributed by atoms with Crippen molar-refractivity contribution in [3.05, 3.63) is 59.2 Å². The molecule has 0 atom stereocenters. The van der Waals surface area contributed by atoms with Crippen LogP contribution in [0.25, 0.3) is 0 Å². The van der Waals surface area contributed by atoms with E-state index < -0.39 is 35.8 Å². The fourth-order valence-corrected chi connectivity index (χ4v) is 4.04. The van der Waals surface area contributed by atoms with Gasteiger partial charge in [0.15, 0.2) is 0 Å². The number of carboxylic acids is 1. The fraction of sp³-hybridized carbons (Fsp3) is 0.423. The number of hydrogen-bond acceptors (Lipinski definition) is 9. The van der Waals surface area contributed by atoms with Crippen LogP contribution in [0.3, 0.4) is 0 Å². The van der Waals surface area contributed by atoms with Crippen molar-refractivity contribution in [1.29, 1.82) is 0 Å². The SMILES string of the molecule is COCCN(C)c1nc2c(c(Nc3ccc(C(F)(F)F)nc3)n1)CCN(c1ncccc1C(F)(F)F)CC2.O=C(O)C(F)(F)F. The van der Waals surface area contributed by atoms with Gasteiger partial charge in [-0.3, -0.25) is 0 Å². The van der Waals surface area contributed by atoms with Crippen molar-refractivity contribution < 1.29 is 54.2 Å². The Morgan fingerprint density at radius 2 is 1.67 bits per heavy atom. The van der Waals surface area contributed by atoms with Gasteiger partial charge in [-0.1, -0.05) is 0 Å². The number of carboxylic acid groups (broad SMARTS) is 1. The molecule has 0 amide bonds. The number of alkyl halides is 9. The van der Waals surface area contributed by atoms with E-state index in [-0.39, 0.29) is 31.0 Å². The minimum atomic E-state index is -5.08. The maximum atomic E-state index is 13.6. The summed E-state index contributed by atoms with van der Waals surface area (Å²) >= 11 is 0. The predicted molar refractivity (Wildman–Crippen MR) is 142 cm³/mol. The number of likely N-dealkylation sites (N-methyl/N-ethyl adjacent to an activating group) is 1. The van der Waals surface area contributed by atoms with Crippen molar-refractivity contribution in [1.82, 2.24) is 19.9 Å². The number of pyridine rings is 2. The Morgan fingerprint density at radius 1 is 1.00 bits per heavy atom. The number of nitrogens with one attached hydrogen (secondary N) is 1. The van der Waals surface area contributed by atoms with Gasteiger partial charge < -0.3 is 25.0 Å². The van der Waals surface area contributed by atoms with E-state index in [1.165, 1.54) is 18.3 Å². The van der Waals surface area contributed by atoms with Gasteiger partial charge in [-0.05, 0) is 30.7 Å². The highest BCUT2D eigenvalue weighted by atomic mass is 19.4. The normalized spacial score (nSPS) is 13.7. The van der Waals surface area contributed by atoms with Crippen LogP contribution in [0.1, 0.15) is 22.5 Å². The summed E-state index contributed by atoms with van der Waals surface area (Å²) in [7, 11) is 3.31. The number of methoxy groups -OCH3 is 1. The molecule has 0 bridgehead atoms. The number of aliphatic carboxylic acids is 1. The van der Waals surface area contributed by atoms with E-state index >= 15 is 0 Å². The average Bonchev–Trinajstić information content (AvgIpc) is 3.18. The van der Waals surface area contributed by atoms with Gasteiger partial charge in [0.2, 0.25) is 5.95 Å². The molecule has 45 heavy (non-hydrogen) atoms. The Kier molecular flexibility index (Phi) is 11.0. The average molecular weight is 656 g/mol. The minimum Gasteiger partial charge on any atom is -0.475 e. The lowest BCUT2D eigenvalue weighted by Crippen LogP contribution is -2.29. The highest BCUT2D eigenvalue weighted by Gasteiger charge is 2.38. The quantitative estimate of drug-likeness (QED) is 0.322. The first-order valence-corrected chi connectivity index (χ1v) is 12.9.